The Labute approximate surface area is 250 Å². The zero-order valence-corrected chi connectivity index (χ0v) is 25.2. The van der Waals surface area contributed by atoms with E-state index in [-0.39, 0.29) is 24.6 Å². The van der Waals surface area contributed by atoms with E-state index in [1.165, 1.54) is 5.56 Å². The summed E-state index contributed by atoms with van der Waals surface area (Å²) in [6.07, 6.45) is 1.75. The molecule has 222 valence electrons. The molecule has 0 amide bonds. The quantitative estimate of drug-likeness (QED) is 0.199. The van der Waals surface area contributed by atoms with E-state index in [9.17, 15) is 19.5 Å². The van der Waals surface area contributed by atoms with E-state index < -0.39 is 17.5 Å². The Hall–Kier alpha value is -4.30. The van der Waals surface area contributed by atoms with Crippen molar-refractivity contribution < 1.29 is 24.2 Å². The number of aliphatic hydroxyl groups is 1. The second-order valence-electron chi connectivity index (χ2n) is 12.0. The zero-order valence-electron chi connectivity index (χ0n) is 25.2. The molecule has 2 aromatic carbocycles. The molecule has 0 bridgehead atoms. The first-order valence-electron chi connectivity index (χ1n) is 15.0. The van der Waals surface area contributed by atoms with E-state index in [0.29, 0.717) is 52.7 Å². The third-order valence-corrected chi connectivity index (χ3v) is 8.83. The first-order chi connectivity index (χ1) is 20.5. The van der Waals surface area contributed by atoms with E-state index in [1.807, 2.05) is 38.1 Å². The summed E-state index contributed by atoms with van der Waals surface area (Å²) in [7, 11) is 0. The first kappa shape index (κ1) is 28.8. The number of pyridine rings is 2. The molecule has 8 heteroatoms. The van der Waals surface area contributed by atoms with Crippen LogP contribution in [0.5, 0.6) is 5.75 Å². The fourth-order valence-electron chi connectivity index (χ4n) is 6.36. The normalized spacial score (nSPS) is 17.8. The molecule has 2 aliphatic heterocycles. The van der Waals surface area contributed by atoms with Crippen molar-refractivity contribution in [3.05, 3.63) is 92.3 Å². The van der Waals surface area contributed by atoms with Crippen molar-refractivity contribution in [3.8, 4) is 17.1 Å². The number of benzene rings is 2. The third kappa shape index (κ3) is 4.74. The van der Waals surface area contributed by atoms with Gasteiger partial charge in [-0.15, -0.1) is 0 Å². The summed E-state index contributed by atoms with van der Waals surface area (Å²) in [5.41, 5.74) is 4.40. The average molecular weight is 581 g/mol. The van der Waals surface area contributed by atoms with Crippen LogP contribution in [0.4, 0.5) is 0 Å². The highest BCUT2D eigenvalue weighted by atomic mass is 16.6. The number of aryl methyl sites for hydroxylation is 1. The molecule has 1 N–H and O–H groups in total. The molecule has 6 rings (SSSR count). The molecule has 2 aromatic heterocycles. The third-order valence-electron chi connectivity index (χ3n) is 8.83. The van der Waals surface area contributed by atoms with Gasteiger partial charge in [0, 0.05) is 16.5 Å². The maximum absolute atomic E-state index is 13.6. The second kappa shape index (κ2) is 10.8. The highest BCUT2D eigenvalue weighted by Crippen LogP contribution is 2.41. The number of aromatic nitrogens is 2. The standard InChI is InChI=1S/C35H36N2O6/c1-6-24-25-15-23(43-33(39)20(5)22-10-8-21(9-11-22)14-19(3)4)12-13-29(25)36-31-26(24)17-37-30(31)16-28-27(32(37)38)18-42-34(40)35(28,41)7-2/h8-13,15-16,19-20,41H,6-7,14,17-18H2,1-5H3/t20?,35-/m0/s1. The van der Waals surface area contributed by atoms with Crippen LogP contribution in [0.3, 0.4) is 0 Å². The number of ether oxygens (including phenoxy) is 2. The van der Waals surface area contributed by atoms with Crippen LogP contribution in [0, 0.1) is 5.92 Å². The van der Waals surface area contributed by atoms with Crippen LogP contribution in [0.1, 0.15) is 80.3 Å². The van der Waals surface area contributed by atoms with Gasteiger partial charge in [0.1, 0.15) is 12.4 Å². The van der Waals surface area contributed by atoms with Crippen molar-refractivity contribution in [3.63, 3.8) is 0 Å². The lowest BCUT2D eigenvalue weighted by molar-refractivity contribution is -0.172. The topological polar surface area (TPSA) is 108 Å². The highest BCUT2D eigenvalue weighted by Gasteiger charge is 2.45. The van der Waals surface area contributed by atoms with E-state index in [4.69, 9.17) is 14.5 Å². The van der Waals surface area contributed by atoms with Gasteiger partial charge in [-0.2, -0.15) is 0 Å². The summed E-state index contributed by atoms with van der Waals surface area (Å²) >= 11 is 0. The molecule has 1 unspecified atom stereocenters. The fraction of sp³-hybridized carbons (Fsp3) is 0.371. The van der Waals surface area contributed by atoms with E-state index in [1.54, 1.807) is 23.6 Å². The Morgan fingerprint density at radius 1 is 1.07 bits per heavy atom. The van der Waals surface area contributed by atoms with Crippen LogP contribution in [0.2, 0.25) is 0 Å². The van der Waals surface area contributed by atoms with Crippen molar-refractivity contribution in [1.29, 1.82) is 0 Å². The lowest BCUT2D eigenvalue weighted by atomic mass is 9.86. The second-order valence-corrected chi connectivity index (χ2v) is 12.0. The molecule has 43 heavy (non-hydrogen) atoms. The van der Waals surface area contributed by atoms with Crippen molar-refractivity contribution >= 4 is 22.8 Å². The molecular formula is C35H36N2O6. The molecule has 0 spiro atoms. The van der Waals surface area contributed by atoms with Crippen molar-refractivity contribution in [2.75, 3.05) is 0 Å². The zero-order chi connectivity index (χ0) is 30.6. The minimum Gasteiger partial charge on any atom is -0.458 e. The van der Waals surface area contributed by atoms with Crippen LogP contribution in [-0.2, 0) is 45.9 Å². The molecule has 8 nitrogen and oxygen atoms in total. The number of carbonyl (C=O) groups is 2. The lowest BCUT2D eigenvalue weighted by Gasteiger charge is -2.31. The van der Waals surface area contributed by atoms with Gasteiger partial charge in [0.05, 0.1) is 34.9 Å². The summed E-state index contributed by atoms with van der Waals surface area (Å²) in [4.78, 5) is 44.1. The number of rotatable bonds is 7. The van der Waals surface area contributed by atoms with Crippen LogP contribution in [0.25, 0.3) is 22.3 Å². The smallest absolute Gasteiger partial charge is 0.343 e. The first-order valence-corrected chi connectivity index (χ1v) is 15.0. The number of hydrogen-bond donors (Lipinski definition) is 1. The molecule has 0 saturated carbocycles. The summed E-state index contributed by atoms with van der Waals surface area (Å²) in [5, 5.41) is 12.0. The number of nitrogens with zero attached hydrogens (tertiary/aromatic N) is 2. The summed E-state index contributed by atoms with van der Waals surface area (Å²) in [5.74, 6) is -0.522. The predicted molar refractivity (Wildman–Crippen MR) is 163 cm³/mol. The minimum absolute atomic E-state index is 0.0868. The van der Waals surface area contributed by atoms with E-state index in [2.05, 4.69) is 26.0 Å². The van der Waals surface area contributed by atoms with Gasteiger partial charge in [-0.3, -0.25) is 9.59 Å². The van der Waals surface area contributed by atoms with Crippen molar-refractivity contribution in [2.45, 2.75) is 78.6 Å². The molecule has 2 aliphatic rings. The Bertz CT molecular complexity index is 1840. The monoisotopic (exact) mass is 580 g/mol. The van der Waals surface area contributed by atoms with Crippen LogP contribution in [0.15, 0.2) is 53.3 Å². The number of hydrogen-bond acceptors (Lipinski definition) is 7. The maximum Gasteiger partial charge on any atom is 0.343 e. The molecule has 2 atom stereocenters. The van der Waals surface area contributed by atoms with E-state index >= 15 is 0 Å². The van der Waals surface area contributed by atoms with Gasteiger partial charge in [0.25, 0.3) is 5.56 Å². The average Bonchev–Trinajstić information content (AvgIpc) is 3.36. The Morgan fingerprint density at radius 3 is 2.49 bits per heavy atom. The van der Waals surface area contributed by atoms with Crippen LogP contribution in [-0.4, -0.2) is 26.6 Å². The van der Waals surface area contributed by atoms with Gasteiger partial charge in [0.15, 0.2) is 5.60 Å². The molecular weight excluding hydrogens is 544 g/mol. The fourth-order valence-corrected chi connectivity index (χ4v) is 6.36. The number of fused-ring (bicyclic) bond motifs is 5. The lowest BCUT2D eigenvalue weighted by Crippen LogP contribution is -2.44. The Morgan fingerprint density at radius 2 is 1.81 bits per heavy atom. The number of cyclic esters (lactones) is 1. The highest BCUT2D eigenvalue weighted by molar-refractivity contribution is 5.90. The van der Waals surface area contributed by atoms with Gasteiger partial charge >= 0.3 is 11.9 Å². The SMILES string of the molecule is CCc1c2c(nc3ccc(OC(=O)C(C)c4ccc(CC(C)C)cc4)cc13)-c1cc3c(c(=O)n1C2)COC(=O)[C@]3(O)CC. The number of esters is 2. The molecule has 4 aromatic rings. The number of carbonyl (C=O) groups excluding carboxylic acids is 2. The predicted octanol–water partition coefficient (Wildman–Crippen LogP) is 5.55. The molecule has 4 heterocycles. The van der Waals surface area contributed by atoms with Crippen LogP contribution < -0.4 is 10.3 Å². The van der Waals surface area contributed by atoms with Gasteiger partial charge in [-0.1, -0.05) is 52.0 Å². The van der Waals surface area contributed by atoms with Gasteiger partial charge in [-0.25, -0.2) is 9.78 Å². The summed E-state index contributed by atoms with van der Waals surface area (Å²) in [6.45, 7) is 10.1. The molecule has 0 aliphatic carbocycles. The largest absolute Gasteiger partial charge is 0.458 e. The molecule has 0 radical (unpaired) electrons. The van der Waals surface area contributed by atoms with Gasteiger partial charge in [0.2, 0.25) is 0 Å². The van der Waals surface area contributed by atoms with Gasteiger partial charge < -0.3 is 19.1 Å². The Kier molecular flexibility index (Phi) is 7.21. The minimum atomic E-state index is -1.87. The van der Waals surface area contributed by atoms with Crippen molar-refractivity contribution in [1.82, 2.24) is 9.55 Å². The van der Waals surface area contributed by atoms with Gasteiger partial charge in [-0.05, 0) is 73.1 Å². The summed E-state index contributed by atoms with van der Waals surface area (Å²) in [6, 6.07) is 15.2. The summed E-state index contributed by atoms with van der Waals surface area (Å²) < 4.78 is 12.7. The Balaban J connectivity index is 1.34. The van der Waals surface area contributed by atoms with E-state index in [0.717, 1.165) is 28.5 Å². The van der Waals surface area contributed by atoms with Crippen LogP contribution >= 0.6 is 0 Å². The molecule has 0 saturated heterocycles. The van der Waals surface area contributed by atoms with Crippen molar-refractivity contribution in [2.24, 2.45) is 5.92 Å². The maximum atomic E-state index is 13.6. The molecule has 0 fully saturated rings.